The fourth-order valence-corrected chi connectivity index (χ4v) is 4.00. The van der Waals surface area contributed by atoms with Gasteiger partial charge >= 0.3 is 0 Å². The third kappa shape index (κ3) is 3.99. The molecule has 2 aromatic carbocycles. The Morgan fingerprint density at radius 1 is 0.967 bits per heavy atom. The molecule has 0 aliphatic carbocycles. The summed E-state index contributed by atoms with van der Waals surface area (Å²) in [6.45, 7) is 5.93. The number of carbonyl (C=O) groups excluding carboxylic acids is 2. The lowest BCUT2D eigenvalue weighted by molar-refractivity contribution is -0.119. The summed E-state index contributed by atoms with van der Waals surface area (Å²) in [5, 5.41) is 10.3. The van der Waals surface area contributed by atoms with Crippen LogP contribution in [0.15, 0.2) is 53.7 Å². The number of benzene rings is 2. The van der Waals surface area contributed by atoms with Gasteiger partial charge in [0.15, 0.2) is 10.8 Å². The number of pyridine rings is 1. The molecule has 2 amide bonds. The molecule has 0 fully saturated rings. The van der Waals surface area contributed by atoms with Crippen LogP contribution in [-0.2, 0) is 4.79 Å². The highest BCUT2D eigenvalue weighted by atomic mass is 32.2. The number of nitrogens with zero attached hydrogens (tertiary/aromatic N) is 3. The van der Waals surface area contributed by atoms with Gasteiger partial charge < -0.3 is 0 Å². The van der Waals surface area contributed by atoms with Crippen LogP contribution in [0.1, 0.15) is 27.0 Å². The van der Waals surface area contributed by atoms with E-state index in [2.05, 4.69) is 45.3 Å². The molecule has 2 N–H and O–H groups in total. The number of hydrazine groups is 1. The van der Waals surface area contributed by atoms with Gasteiger partial charge in [0.2, 0.25) is 5.91 Å². The van der Waals surface area contributed by atoms with E-state index >= 15 is 0 Å². The largest absolute Gasteiger partial charge is 0.272 e. The first-order valence-electron chi connectivity index (χ1n) is 9.46. The highest BCUT2D eigenvalue weighted by Crippen LogP contribution is 2.26. The number of aryl methyl sites for hydroxylation is 3. The van der Waals surface area contributed by atoms with Gasteiger partial charge in [-0.2, -0.15) is 0 Å². The first-order valence-corrected chi connectivity index (χ1v) is 10.4. The summed E-state index contributed by atoms with van der Waals surface area (Å²) in [6, 6.07) is 15.5. The van der Waals surface area contributed by atoms with E-state index in [4.69, 9.17) is 0 Å². The van der Waals surface area contributed by atoms with Gasteiger partial charge in [0.1, 0.15) is 0 Å². The van der Waals surface area contributed by atoms with Crippen LogP contribution < -0.4 is 10.9 Å². The maximum atomic E-state index is 12.3. The van der Waals surface area contributed by atoms with Gasteiger partial charge in [-0.1, -0.05) is 41.6 Å². The lowest BCUT2D eigenvalue weighted by atomic mass is 10.1. The van der Waals surface area contributed by atoms with Gasteiger partial charge in [-0.05, 0) is 61.5 Å². The lowest BCUT2D eigenvalue weighted by Crippen LogP contribution is -2.42. The highest BCUT2D eigenvalue weighted by molar-refractivity contribution is 7.99. The third-order valence-corrected chi connectivity index (χ3v) is 5.64. The van der Waals surface area contributed by atoms with Gasteiger partial charge in [-0.3, -0.25) is 24.8 Å². The predicted octanol–water partition coefficient (Wildman–Crippen LogP) is 3.36. The minimum absolute atomic E-state index is 0.0934. The summed E-state index contributed by atoms with van der Waals surface area (Å²) >= 11 is 1.27. The Bertz CT molecular complexity index is 1280. The molecule has 152 valence electrons. The van der Waals surface area contributed by atoms with E-state index in [1.807, 2.05) is 31.2 Å². The minimum Gasteiger partial charge on any atom is -0.272 e. The van der Waals surface area contributed by atoms with Crippen molar-refractivity contribution in [1.82, 2.24) is 25.4 Å². The molecule has 30 heavy (non-hydrogen) atoms. The molecule has 0 spiro atoms. The molecule has 0 saturated carbocycles. The quantitative estimate of drug-likeness (QED) is 0.391. The third-order valence-electron chi connectivity index (χ3n) is 4.71. The van der Waals surface area contributed by atoms with E-state index in [1.165, 1.54) is 11.8 Å². The van der Waals surface area contributed by atoms with Crippen LogP contribution in [0.2, 0.25) is 0 Å². The summed E-state index contributed by atoms with van der Waals surface area (Å²) in [4.78, 5) is 24.4. The Hall–Kier alpha value is -3.39. The maximum Gasteiger partial charge on any atom is 0.269 e. The second kappa shape index (κ2) is 8.16. The van der Waals surface area contributed by atoms with Crippen molar-refractivity contribution in [3.63, 3.8) is 0 Å². The van der Waals surface area contributed by atoms with Gasteiger partial charge in [0.05, 0.1) is 11.3 Å². The van der Waals surface area contributed by atoms with Crippen molar-refractivity contribution in [2.24, 2.45) is 0 Å². The molecular formula is C22H21N5O2S. The standard InChI is InChI=1S/C22H21N5O2S/c1-13-5-4-6-17(9-13)21(29)25-23-19(28)12-30-22-26-24-20-15(3)11-16-8-7-14(2)10-18(16)27(20)22/h4-11H,12H2,1-3H3,(H,23,28)(H,25,29). The van der Waals surface area contributed by atoms with E-state index in [0.717, 1.165) is 33.2 Å². The number of rotatable bonds is 4. The zero-order chi connectivity index (χ0) is 21.3. The van der Waals surface area contributed by atoms with E-state index in [9.17, 15) is 9.59 Å². The van der Waals surface area contributed by atoms with E-state index in [1.54, 1.807) is 18.2 Å². The molecule has 0 saturated heterocycles. The number of fused-ring (bicyclic) bond motifs is 3. The second-order valence-electron chi connectivity index (χ2n) is 7.19. The van der Waals surface area contributed by atoms with Gasteiger partial charge in [0, 0.05) is 5.56 Å². The van der Waals surface area contributed by atoms with E-state index in [-0.39, 0.29) is 17.6 Å². The summed E-state index contributed by atoms with van der Waals surface area (Å²) < 4.78 is 1.97. The normalized spacial score (nSPS) is 11.0. The lowest BCUT2D eigenvalue weighted by Gasteiger charge is -2.09. The Morgan fingerprint density at radius 3 is 2.57 bits per heavy atom. The van der Waals surface area contributed by atoms with E-state index in [0.29, 0.717) is 10.7 Å². The molecule has 7 nitrogen and oxygen atoms in total. The molecule has 0 unspecified atom stereocenters. The van der Waals surface area contributed by atoms with Crippen molar-refractivity contribution in [2.45, 2.75) is 25.9 Å². The summed E-state index contributed by atoms with van der Waals surface area (Å²) in [6.07, 6.45) is 0. The zero-order valence-electron chi connectivity index (χ0n) is 16.9. The number of thioether (sulfide) groups is 1. The van der Waals surface area contributed by atoms with Crippen LogP contribution in [0.4, 0.5) is 0 Å². The number of nitrogens with one attached hydrogen (secondary N) is 2. The fraction of sp³-hybridized carbons (Fsp3) is 0.182. The van der Waals surface area contributed by atoms with Crippen LogP contribution in [0, 0.1) is 20.8 Å². The van der Waals surface area contributed by atoms with Gasteiger partial charge in [0.25, 0.3) is 5.91 Å². The Morgan fingerprint density at radius 2 is 1.77 bits per heavy atom. The highest BCUT2D eigenvalue weighted by Gasteiger charge is 2.14. The molecule has 8 heteroatoms. The molecule has 4 rings (SSSR count). The van der Waals surface area contributed by atoms with Crippen molar-refractivity contribution in [1.29, 1.82) is 0 Å². The van der Waals surface area contributed by atoms with Crippen LogP contribution in [-0.4, -0.2) is 32.2 Å². The van der Waals surface area contributed by atoms with Gasteiger partial charge in [-0.15, -0.1) is 10.2 Å². The van der Waals surface area contributed by atoms with Crippen molar-refractivity contribution in [3.05, 3.63) is 70.8 Å². The molecule has 0 atom stereocenters. The topological polar surface area (TPSA) is 88.4 Å². The molecule has 0 bridgehead atoms. The smallest absolute Gasteiger partial charge is 0.269 e. The molecule has 0 aliphatic rings. The average Bonchev–Trinajstić information content (AvgIpc) is 3.16. The Balaban J connectivity index is 1.47. The van der Waals surface area contributed by atoms with Gasteiger partial charge in [-0.25, -0.2) is 0 Å². The van der Waals surface area contributed by atoms with Crippen LogP contribution in [0.3, 0.4) is 0 Å². The molecule has 0 radical (unpaired) electrons. The van der Waals surface area contributed by atoms with Crippen molar-refractivity contribution >= 4 is 40.1 Å². The number of carbonyl (C=O) groups is 2. The van der Waals surface area contributed by atoms with Crippen LogP contribution >= 0.6 is 11.8 Å². The summed E-state index contributed by atoms with van der Waals surface area (Å²) in [5.41, 5.74) is 10.3. The predicted molar refractivity (Wildman–Crippen MR) is 117 cm³/mol. The molecule has 4 aromatic rings. The SMILES string of the molecule is Cc1cccc(C(=O)NNC(=O)CSc2nnc3c(C)cc4ccc(C)cc4n23)c1. The maximum absolute atomic E-state index is 12.3. The average molecular weight is 420 g/mol. The molecule has 0 aliphatic heterocycles. The minimum atomic E-state index is -0.359. The van der Waals surface area contributed by atoms with Crippen LogP contribution in [0.25, 0.3) is 16.6 Å². The first kappa shape index (κ1) is 19.9. The van der Waals surface area contributed by atoms with Crippen molar-refractivity contribution < 1.29 is 9.59 Å². The van der Waals surface area contributed by atoms with Crippen molar-refractivity contribution in [3.8, 4) is 0 Å². The zero-order valence-corrected chi connectivity index (χ0v) is 17.7. The summed E-state index contributed by atoms with van der Waals surface area (Å²) in [5.74, 6) is -0.594. The molecular weight excluding hydrogens is 398 g/mol. The Kier molecular flexibility index (Phi) is 5.41. The molecule has 2 aromatic heterocycles. The summed E-state index contributed by atoms with van der Waals surface area (Å²) in [7, 11) is 0. The number of hydrogen-bond donors (Lipinski definition) is 2. The molecule has 2 heterocycles. The number of hydrogen-bond acceptors (Lipinski definition) is 5. The van der Waals surface area contributed by atoms with Crippen LogP contribution in [0.5, 0.6) is 0 Å². The van der Waals surface area contributed by atoms with Crippen molar-refractivity contribution in [2.75, 3.05) is 5.75 Å². The number of amides is 2. The number of aromatic nitrogens is 3. The monoisotopic (exact) mass is 419 g/mol. The Labute approximate surface area is 177 Å². The fourth-order valence-electron chi connectivity index (χ4n) is 3.25. The second-order valence-corrected chi connectivity index (χ2v) is 8.13. The van der Waals surface area contributed by atoms with E-state index < -0.39 is 0 Å². The first-order chi connectivity index (χ1) is 14.4.